The molecule has 2 aromatic carbocycles. The van der Waals surface area contributed by atoms with Crippen LogP contribution in [0, 0.1) is 0 Å². The second-order valence-corrected chi connectivity index (χ2v) is 9.87. The quantitative estimate of drug-likeness (QED) is 0.493. The van der Waals surface area contributed by atoms with Gasteiger partial charge in [-0.2, -0.15) is 4.31 Å². The number of carbonyl (C=O) groups is 1. The molecule has 0 aliphatic rings. The fourth-order valence-electron chi connectivity index (χ4n) is 3.00. The van der Waals surface area contributed by atoms with E-state index in [4.69, 9.17) is 17.0 Å². The summed E-state index contributed by atoms with van der Waals surface area (Å²) in [5, 5.41) is 5.64. The fourth-order valence-corrected chi connectivity index (χ4v) is 4.84. The van der Waals surface area contributed by atoms with Crippen LogP contribution in [-0.2, 0) is 10.0 Å². The van der Waals surface area contributed by atoms with Crippen LogP contribution in [-0.4, -0.2) is 42.9 Å². The molecule has 0 aliphatic heterocycles. The Bertz CT molecular complexity index is 999. The molecular weight excluding hydrogens is 446 g/mol. The van der Waals surface area contributed by atoms with E-state index in [9.17, 15) is 13.2 Å². The van der Waals surface area contributed by atoms with Gasteiger partial charge in [-0.3, -0.25) is 10.1 Å². The minimum Gasteiger partial charge on any atom is -0.491 e. The Morgan fingerprint density at radius 3 is 2.06 bits per heavy atom. The lowest BCUT2D eigenvalue weighted by Crippen LogP contribution is -2.34. The molecule has 0 aliphatic carbocycles. The van der Waals surface area contributed by atoms with Crippen LogP contribution in [0.5, 0.6) is 5.75 Å². The molecule has 0 fully saturated rings. The predicted octanol–water partition coefficient (Wildman–Crippen LogP) is 4.41. The summed E-state index contributed by atoms with van der Waals surface area (Å²) < 4.78 is 32.8. The zero-order chi connectivity index (χ0) is 23.7. The van der Waals surface area contributed by atoms with E-state index in [-0.39, 0.29) is 22.0 Å². The number of hydrogen-bond donors (Lipinski definition) is 2. The van der Waals surface area contributed by atoms with E-state index in [0.717, 1.165) is 12.8 Å². The first-order chi connectivity index (χ1) is 15.2. The van der Waals surface area contributed by atoms with E-state index >= 15 is 0 Å². The molecule has 7 nitrogen and oxygen atoms in total. The summed E-state index contributed by atoms with van der Waals surface area (Å²) in [5.74, 6) is 0.330. The molecule has 0 atom stereocenters. The molecule has 2 rings (SSSR count). The number of rotatable bonds is 10. The Balaban J connectivity index is 1.99. The van der Waals surface area contributed by atoms with Crippen molar-refractivity contribution in [1.29, 1.82) is 0 Å². The van der Waals surface area contributed by atoms with Crippen molar-refractivity contribution in [3.63, 3.8) is 0 Å². The summed E-state index contributed by atoms with van der Waals surface area (Å²) in [6, 6.07) is 13.1. The number of hydrogen-bond acceptors (Lipinski definition) is 5. The first-order valence-corrected chi connectivity index (χ1v) is 12.5. The summed E-state index contributed by atoms with van der Waals surface area (Å²) in [4.78, 5) is 12.6. The topological polar surface area (TPSA) is 87.7 Å². The third kappa shape index (κ3) is 7.29. The molecule has 0 saturated carbocycles. The summed E-state index contributed by atoms with van der Waals surface area (Å²) >= 11 is 5.22. The van der Waals surface area contributed by atoms with Crippen molar-refractivity contribution >= 4 is 38.9 Å². The van der Waals surface area contributed by atoms with Crippen molar-refractivity contribution < 1.29 is 17.9 Å². The van der Waals surface area contributed by atoms with E-state index in [1.54, 1.807) is 36.4 Å². The summed E-state index contributed by atoms with van der Waals surface area (Å²) in [6.07, 6.45) is 1.55. The molecule has 174 valence electrons. The lowest BCUT2D eigenvalue weighted by molar-refractivity contribution is 0.0977. The van der Waals surface area contributed by atoms with Crippen LogP contribution in [0.1, 0.15) is 50.9 Å². The van der Waals surface area contributed by atoms with Gasteiger partial charge in [0.2, 0.25) is 10.0 Å². The Morgan fingerprint density at radius 1 is 1.00 bits per heavy atom. The lowest BCUT2D eigenvalue weighted by atomic mass is 10.2. The molecule has 0 unspecified atom stereocenters. The average molecular weight is 478 g/mol. The van der Waals surface area contributed by atoms with Gasteiger partial charge >= 0.3 is 0 Å². The van der Waals surface area contributed by atoms with Crippen molar-refractivity contribution in [2.45, 2.75) is 51.5 Å². The predicted molar refractivity (Wildman–Crippen MR) is 132 cm³/mol. The van der Waals surface area contributed by atoms with E-state index in [0.29, 0.717) is 30.1 Å². The second kappa shape index (κ2) is 11.9. The van der Waals surface area contributed by atoms with Crippen molar-refractivity contribution in [3.05, 3.63) is 54.1 Å². The SMILES string of the molecule is CCCN(CCC)S(=O)(=O)c1ccc(NC(=S)NC(=O)c2ccc(OC(C)C)cc2)cc1. The lowest BCUT2D eigenvalue weighted by Gasteiger charge is -2.21. The summed E-state index contributed by atoms with van der Waals surface area (Å²) in [5.41, 5.74) is 1.02. The van der Waals surface area contributed by atoms with E-state index < -0.39 is 10.0 Å². The molecule has 0 aromatic heterocycles. The number of nitrogens with one attached hydrogen (secondary N) is 2. The standard InChI is InChI=1S/C23H31N3O4S2/c1-5-15-26(16-6-2)32(28,29)21-13-9-19(10-14-21)24-23(31)25-22(27)18-7-11-20(12-8-18)30-17(3)4/h7-14,17H,5-6,15-16H2,1-4H3,(H2,24,25,27,31). The first kappa shape index (κ1) is 25.8. The monoisotopic (exact) mass is 477 g/mol. The van der Waals surface area contributed by atoms with E-state index in [1.165, 1.54) is 16.4 Å². The minimum absolute atomic E-state index is 0.0502. The molecule has 32 heavy (non-hydrogen) atoms. The maximum atomic E-state index is 12.8. The number of nitrogens with zero attached hydrogens (tertiary/aromatic N) is 1. The summed E-state index contributed by atoms with van der Waals surface area (Å²) in [6.45, 7) is 8.73. The minimum atomic E-state index is -3.54. The normalized spacial score (nSPS) is 11.4. The zero-order valence-electron chi connectivity index (χ0n) is 18.9. The Morgan fingerprint density at radius 2 is 1.56 bits per heavy atom. The van der Waals surface area contributed by atoms with Crippen molar-refractivity contribution in [2.24, 2.45) is 0 Å². The highest BCUT2D eigenvalue weighted by molar-refractivity contribution is 7.89. The van der Waals surface area contributed by atoms with Gasteiger partial charge in [0.05, 0.1) is 11.0 Å². The van der Waals surface area contributed by atoms with Crippen LogP contribution in [0.4, 0.5) is 5.69 Å². The molecule has 0 bridgehead atoms. The Kier molecular flexibility index (Phi) is 9.61. The molecule has 0 radical (unpaired) electrons. The number of ether oxygens (including phenoxy) is 1. The number of benzene rings is 2. The highest BCUT2D eigenvalue weighted by Crippen LogP contribution is 2.19. The smallest absolute Gasteiger partial charge is 0.257 e. The third-order valence-corrected chi connectivity index (χ3v) is 6.53. The van der Waals surface area contributed by atoms with Gasteiger partial charge < -0.3 is 10.1 Å². The van der Waals surface area contributed by atoms with Gasteiger partial charge in [0.15, 0.2) is 5.11 Å². The number of thiocarbonyl (C=S) groups is 1. The zero-order valence-corrected chi connectivity index (χ0v) is 20.6. The molecule has 0 saturated heterocycles. The largest absolute Gasteiger partial charge is 0.491 e. The van der Waals surface area contributed by atoms with Gasteiger partial charge in [-0.1, -0.05) is 13.8 Å². The summed E-state index contributed by atoms with van der Waals surface area (Å²) in [7, 11) is -3.54. The third-order valence-electron chi connectivity index (χ3n) is 4.41. The van der Waals surface area contributed by atoms with E-state index in [2.05, 4.69) is 10.6 Å². The molecular formula is C23H31N3O4S2. The number of carbonyl (C=O) groups excluding carboxylic acids is 1. The molecule has 0 spiro atoms. The van der Waals surface area contributed by atoms with Gasteiger partial charge in [0.1, 0.15) is 5.75 Å². The van der Waals surface area contributed by atoms with Gasteiger partial charge in [-0.15, -0.1) is 0 Å². The maximum Gasteiger partial charge on any atom is 0.257 e. The number of sulfonamides is 1. The van der Waals surface area contributed by atoms with Gasteiger partial charge in [-0.05, 0) is 87.4 Å². The Labute approximate surface area is 196 Å². The van der Waals surface area contributed by atoms with Gasteiger partial charge in [0, 0.05) is 24.3 Å². The number of amides is 1. The van der Waals surface area contributed by atoms with E-state index in [1.807, 2.05) is 27.7 Å². The molecule has 9 heteroatoms. The van der Waals surface area contributed by atoms with Gasteiger partial charge in [-0.25, -0.2) is 8.42 Å². The maximum absolute atomic E-state index is 12.8. The average Bonchev–Trinajstić information content (AvgIpc) is 2.74. The van der Waals surface area contributed by atoms with Gasteiger partial charge in [0.25, 0.3) is 5.91 Å². The molecule has 0 heterocycles. The van der Waals surface area contributed by atoms with Crippen LogP contribution >= 0.6 is 12.2 Å². The number of anilines is 1. The highest BCUT2D eigenvalue weighted by Gasteiger charge is 2.22. The molecule has 2 aromatic rings. The molecule has 2 N–H and O–H groups in total. The Hall–Kier alpha value is -2.49. The fraction of sp³-hybridized carbons (Fsp3) is 0.391. The van der Waals surface area contributed by atoms with Crippen LogP contribution < -0.4 is 15.4 Å². The van der Waals surface area contributed by atoms with Crippen LogP contribution in [0.25, 0.3) is 0 Å². The first-order valence-electron chi connectivity index (χ1n) is 10.7. The highest BCUT2D eigenvalue weighted by atomic mass is 32.2. The van der Waals surface area contributed by atoms with Crippen molar-refractivity contribution in [2.75, 3.05) is 18.4 Å². The van der Waals surface area contributed by atoms with Crippen LogP contribution in [0.3, 0.4) is 0 Å². The van der Waals surface area contributed by atoms with Crippen molar-refractivity contribution in [3.8, 4) is 5.75 Å². The van der Waals surface area contributed by atoms with Crippen LogP contribution in [0.15, 0.2) is 53.4 Å². The molecule has 1 amide bonds. The van der Waals surface area contributed by atoms with Crippen LogP contribution in [0.2, 0.25) is 0 Å². The second-order valence-electron chi connectivity index (χ2n) is 7.53. The van der Waals surface area contributed by atoms with Crippen molar-refractivity contribution in [1.82, 2.24) is 9.62 Å².